The number of likely N-dealkylation sites (N-methyl/N-ethyl adjacent to an activating group) is 1. The molecule has 106 valence electrons. The minimum Gasteiger partial charge on any atom is -0.469 e. The maximum atomic E-state index is 11.5. The van der Waals surface area contributed by atoms with Crippen LogP contribution < -0.4 is 0 Å². The number of aryl methyl sites for hydroxylation is 1. The van der Waals surface area contributed by atoms with Crippen LogP contribution in [-0.4, -0.2) is 42.3 Å². The van der Waals surface area contributed by atoms with E-state index in [1.165, 1.54) is 17.6 Å². The highest BCUT2D eigenvalue weighted by Crippen LogP contribution is 2.31. The van der Waals surface area contributed by atoms with Gasteiger partial charge in [-0.25, -0.2) is 0 Å². The van der Waals surface area contributed by atoms with Gasteiger partial charge in [0.2, 0.25) is 0 Å². The highest BCUT2D eigenvalue weighted by molar-refractivity contribution is 7.10. The predicted molar refractivity (Wildman–Crippen MR) is 75.1 cm³/mol. The SMILES string of the molecule is COC(=O)[C@@H]1C[C@@H](O)[C@H](N(C)Cc2sccc2C)C1. The zero-order valence-electron chi connectivity index (χ0n) is 11.6. The Hall–Kier alpha value is -0.910. The Morgan fingerprint density at radius 1 is 1.58 bits per heavy atom. The van der Waals surface area contributed by atoms with Crippen molar-refractivity contribution in [2.75, 3.05) is 14.2 Å². The van der Waals surface area contributed by atoms with Gasteiger partial charge in [-0.15, -0.1) is 11.3 Å². The molecule has 1 N–H and O–H groups in total. The molecule has 3 atom stereocenters. The first-order valence-corrected chi connectivity index (χ1v) is 7.40. The molecule has 1 heterocycles. The Bertz CT molecular complexity index is 446. The normalized spacial score (nSPS) is 26.9. The number of hydrogen-bond acceptors (Lipinski definition) is 5. The summed E-state index contributed by atoms with van der Waals surface area (Å²) in [5.41, 5.74) is 1.29. The lowest BCUT2D eigenvalue weighted by atomic mass is 10.1. The number of esters is 1. The van der Waals surface area contributed by atoms with E-state index in [1.807, 2.05) is 7.05 Å². The molecule has 1 aromatic rings. The summed E-state index contributed by atoms with van der Waals surface area (Å²) in [4.78, 5) is 15.0. The van der Waals surface area contributed by atoms with Crippen LogP contribution in [0.5, 0.6) is 0 Å². The van der Waals surface area contributed by atoms with Gasteiger partial charge in [-0.1, -0.05) is 0 Å². The van der Waals surface area contributed by atoms with Crippen molar-refractivity contribution < 1.29 is 14.6 Å². The van der Waals surface area contributed by atoms with E-state index in [-0.39, 0.29) is 17.9 Å². The standard InChI is InChI=1S/C14H21NO3S/c1-9-4-5-19-13(9)8-15(2)11-6-10(7-12(11)16)14(17)18-3/h4-5,10-12,16H,6-8H2,1-3H3/t10-,11+,12+/m0/s1. The van der Waals surface area contributed by atoms with Crippen molar-refractivity contribution in [1.29, 1.82) is 0 Å². The zero-order chi connectivity index (χ0) is 14.0. The van der Waals surface area contributed by atoms with Gasteiger partial charge in [0.1, 0.15) is 0 Å². The Morgan fingerprint density at radius 2 is 2.32 bits per heavy atom. The monoisotopic (exact) mass is 283 g/mol. The molecule has 1 aromatic heterocycles. The number of aliphatic hydroxyl groups excluding tert-OH is 1. The summed E-state index contributed by atoms with van der Waals surface area (Å²) in [6.07, 6.45) is 0.731. The fraction of sp³-hybridized carbons (Fsp3) is 0.643. The lowest BCUT2D eigenvalue weighted by molar-refractivity contribution is -0.145. The topological polar surface area (TPSA) is 49.8 Å². The van der Waals surface area contributed by atoms with Crippen LogP contribution in [0.2, 0.25) is 0 Å². The number of carbonyl (C=O) groups excluding carboxylic acids is 1. The Kier molecular flexibility index (Phi) is 4.60. The first kappa shape index (κ1) is 14.5. The number of rotatable bonds is 4. The first-order chi connectivity index (χ1) is 9.02. The van der Waals surface area contributed by atoms with Gasteiger partial charge < -0.3 is 9.84 Å². The van der Waals surface area contributed by atoms with Gasteiger partial charge >= 0.3 is 5.97 Å². The minimum absolute atomic E-state index is 0.0330. The number of thiophene rings is 1. The molecule has 0 unspecified atom stereocenters. The molecule has 2 rings (SSSR count). The lowest BCUT2D eigenvalue weighted by Crippen LogP contribution is -2.37. The molecule has 0 radical (unpaired) electrons. The molecule has 1 aliphatic rings. The number of carbonyl (C=O) groups is 1. The molecule has 1 saturated carbocycles. The van der Waals surface area contributed by atoms with Crippen molar-refractivity contribution in [3.8, 4) is 0 Å². The molecule has 1 fully saturated rings. The van der Waals surface area contributed by atoms with Crippen molar-refractivity contribution in [3.05, 3.63) is 21.9 Å². The Morgan fingerprint density at radius 3 is 2.89 bits per heavy atom. The van der Waals surface area contributed by atoms with Gasteiger partial charge in [0.25, 0.3) is 0 Å². The summed E-state index contributed by atoms with van der Waals surface area (Å²) in [6, 6.07) is 2.14. The van der Waals surface area contributed by atoms with Gasteiger partial charge in [-0.05, 0) is 43.8 Å². The molecule has 0 amide bonds. The molecule has 0 aromatic carbocycles. The number of hydrogen-bond donors (Lipinski definition) is 1. The van der Waals surface area contributed by atoms with Crippen molar-refractivity contribution in [2.24, 2.45) is 5.92 Å². The number of nitrogens with zero attached hydrogens (tertiary/aromatic N) is 1. The lowest BCUT2D eigenvalue weighted by Gasteiger charge is -2.26. The van der Waals surface area contributed by atoms with Crippen LogP contribution in [0, 0.1) is 12.8 Å². The summed E-state index contributed by atoms with van der Waals surface area (Å²) in [7, 11) is 3.41. The number of aliphatic hydroxyl groups is 1. The van der Waals surface area contributed by atoms with E-state index >= 15 is 0 Å². The fourth-order valence-corrected chi connectivity index (χ4v) is 3.70. The smallest absolute Gasteiger partial charge is 0.308 e. The van der Waals surface area contributed by atoms with Crippen molar-refractivity contribution >= 4 is 17.3 Å². The second-order valence-corrected chi connectivity index (χ2v) is 6.27. The average Bonchev–Trinajstić information content (AvgIpc) is 2.95. The van der Waals surface area contributed by atoms with Gasteiger partial charge in [0.15, 0.2) is 0 Å². The van der Waals surface area contributed by atoms with Crippen LogP contribution in [0.1, 0.15) is 23.3 Å². The molecule has 4 nitrogen and oxygen atoms in total. The third-order valence-corrected chi connectivity index (χ3v) is 4.97. The average molecular weight is 283 g/mol. The maximum Gasteiger partial charge on any atom is 0.308 e. The van der Waals surface area contributed by atoms with E-state index in [0.717, 1.165) is 6.54 Å². The van der Waals surface area contributed by atoms with E-state index in [0.29, 0.717) is 12.8 Å². The van der Waals surface area contributed by atoms with Crippen LogP contribution in [-0.2, 0) is 16.1 Å². The zero-order valence-corrected chi connectivity index (χ0v) is 12.4. The quantitative estimate of drug-likeness (QED) is 0.856. The fourth-order valence-electron chi connectivity index (χ4n) is 2.74. The van der Waals surface area contributed by atoms with Gasteiger partial charge in [0, 0.05) is 17.5 Å². The van der Waals surface area contributed by atoms with E-state index in [2.05, 4.69) is 23.3 Å². The molecule has 5 heteroatoms. The van der Waals surface area contributed by atoms with Crippen LogP contribution in [0.15, 0.2) is 11.4 Å². The minimum atomic E-state index is -0.450. The predicted octanol–water partition coefficient (Wildman–Crippen LogP) is 1.80. The number of ether oxygens (including phenoxy) is 1. The molecular weight excluding hydrogens is 262 g/mol. The Labute approximate surface area is 118 Å². The van der Waals surface area contributed by atoms with Crippen LogP contribution in [0.3, 0.4) is 0 Å². The second kappa shape index (κ2) is 6.03. The largest absolute Gasteiger partial charge is 0.469 e. The molecule has 0 saturated heterocycles. The summed E-state index contributed by atoms with van der Waals surface area (Å²) >= 11 is 1.73. The van der Waals surface area contributed by atoms with Crippen LogP contribution in [0.25, 0.3) is 0 Å². The third-order valence-electron chi connectivity index (χ3n) is 3.96. The molecular formula is C14H21NO3S. The molecule has 0 aliphatic heterocycles. The molecule has 1 aliphatic carbocycles. The highest BCUT2D eigenvalue weighted by Gasteiger charge is 2.39. The summed E-state index contributed by atoms with van der Waals surface area (Å²) in [5.74, 6) is -0.376. The summed E-state index contributed by atoms with van der Waals surface area (Å²) < 4.78 is 4.77. The van der Waals surface area contributed by atoms with Crippen molar-refractivity contribution in [3.63, 3.8) is 0 Å². The van der Waals surface area contributed by atoms with Crippen LogP contribution >= 0.6 is 11.3 Å². The molecule has 0 spiro atoms. The second-order valence-electron chi connectivity index (χ2n) is 5.27. The molecule has 19 heavy (non-hydrogen) atoms. The maximum absolute atomic E-state index is 11.5. The summed E-state index contributed by atoms with van der Waals surface area (Å²) in [5, 5.41) is 12.2. The summed E-state index contributed by atoms with van der Waals surface area (Å²) in [6.45, 7) is 2.92. The molecule has 0 bridgehead atoms. The van der Waals surface area contributed by atoms with Gasteiger partial charge in [0.05, 0.1) is 19.1 Å². The van der Waals surface area contributed by atoms with E-state index in [9.17, 15) is 9.90 Å². The van der Waals surface area contributed by atoms with Gasteiger partial charge in [-0.2, -0.15) is 0 Å². The van der Waals surface area contributed by atoms with Gasteiger partial charge in [-0.3, -0.25) is 9.69 Å². The van der Waals surface area contributed by atoms with Crippen molar-refractivity contribution in [1.82, 2.24) is 4.90 Å². The Balaban J connectivity index is 1.98. The van der Waals surface area contributed by atoms with E-state index in [4.69, 9.17) is 4.74 Å². The highest BCUT2D eigenvalue weighted by atomic mass is 32.1. The number of methoxy groups -OCH3 is 1. The van der Waals surface area contributed by atoms with E-state index < -0.39 is 6.10 Å². The van der Waals surface area contributed by atoms with E-state index in [1.54, 1.807) is 11.3 Å². The van der Waals surface area contributed by atoms with Crippen LogP contribution in [0.4, 0.5) is 0 Å². The van der Waals surface area contributed by atoms with Crippen molar-refractivity contribution in [2.45, 2.75) is 38.5 Å². The first-order valence-electron chi connectivity index (χ1n) is 6.52. The third kappa shape index (κ3) is 3.16.